The summed E-state index contributed by atoms with van der Waals surface area (Å²) in [4.78, 5) is 33.1. The summed E-state index contributed by atoms with van der Waals surface area (Å²) in [7, 11) is 1.64. The maximum atomic E-state index is 13.3. The minimum Gasteiger partial charge on any atom is -0.493 e. The third-order valence-electron chi connectivity index (χ3n) is 7.31. The number of methoxy groups -OCH3 is 1. The van der Waals surface area contributed by atoms with Gasteiger partial charge in [0.25, 0.3) is 5.91 Å². The highest BCUT2D eigenvalue weighted by Crippen LogP contribution is 2.44. The molecule has 2 aromatic carbocycles. The van der Waals surface area contributed by atoms with Crippen molar-refractivity contribution in [1.29, 1.82) is 0 Å². The van der Waals surface area contributed by atoms with Crippen molar-refractivity contribution in [3.63, 3.8) is 0 Å². The molecule has 0 spiro atoms. The Labute approximate surface area is 212 Å². The molecule has 1 N–H and O–H groups in total. The first-order valence-corrected chi connectivity index (χ1v) is 12.7. The Morgan fingerprint density at radius 3 is 2.69 bits per heavy atom. The number of anilines is 1. The lowest BCUT2D eigenvalue weighted by Gasteiger charge is -2.30. The number of fused-ring (bicyclic) bond motifs is 5. The second-order valence-electron chi connectivity index (χ2n) is 9.53. The van der Waals surface area contributed by atoms with E-state index < -0.39 is 0 Å². The largest absolute Gasteiger partial charge is 0.493 e. The van der Waals surface area contributed by atoms with Gasteiger partial charge in [-0.1, -0.05) is 24.3 Å². The maximum Gasteiger partial charge on any atom is 0.270 e. The van der Waals surface area contributed by atoms with Crippen molar-refractivity contribution >= 4 is 17.5 Å². The summed E-state index contributed by atoms with van der Waals surface area (Å²) >= 11 is 0. The van der Waals surface area contributed by atoms with Gasteiger partial charge in [-0.2, -0.15) is 0 Å². The number of amides is 2. The summed E-state index contributed by atoms with van der Waals surface area (Å²) in [5, 5.41) is 0. The molecule has 0 saturated carbocycles. The van der Waals surface area contributed by atoms with E-state index in [1.807, 2.05) is 52.3 Å². The first-order chi connectivity index (χ1) is 17.6. The van der Waals surface area contributed by atoms with Crippen LogP contribution in [0, 0.1) is 0 Å². The second-order valence-corrected chi connectivity index (χ2v) is 9.53. The van der Waals surface area contributed by atoms with Crippen LogP contribution < -0.4 is 14.4 Å². The van der Waals surface area contributed by atoms with Crippen LogP contribution in [0.1, 0.15) is 53.7 Å². The lowest BCUT2D eigenvalue weighted by molar-refractivity contribution is -0.117. The third-order valence-corrected chi connectivity index (χ3v) is 7.31. The van der Waals surface area contributed by atoms with Crippen LogP contribution in [0.4, 0.5) is 5.69 Å². The number of carbonyl (C=O) groups is 2. The number of H-pyrrole nitrogens is 1. The first-order valence-electron chi connectivity index (χ1n) is 12.7. The van der Waals surface area contributed by atoms with Crippen LogP contribution in [0.5, 0.6) is 11.5 Å². The summed E-state index contributed by atoms with van der Waals surface area (Å²) in [5.41, 5.74) is 3.83. The van der Waals surface area contributed by atoms with Gasteiger partial charge in [0.05, 0.1) is 13.7 Å². The predicted octanol–water partition coefficient (Wildman–Crippen LogP) is 4.79. The number of hydrogen-bond donors (Lipinski definition) is 1. The third kappa shape index (κ3) is 4.70. The Balaban J connectivity index is 1.52. The molecule has 2 aliphatic heterocycles. The average molecular weight is 488 g/mol. The van der Waals surface area contributed by atoms with Crippen LogP contribution in [-0.2, 0) is 11.2 Å². The van der Waals surface area contributed by atoms with Gasteiger partial charge in [-0.05, 0) is 67.1 Å². The fourth-order valence-electron chi connectivity index (χ4n) is 5.60. The highest BCUT2D eigenvalue weighted by Gasteiger charge is 2.40. The van der Waals surface area contributed by atoms with Gasteiger partial charge in [0.1, 0.15) is 5.69 Å². The molecule has 0 fully saturated rings. The standard InChI is InChI=1S/C29H33N3O4/c1-20(33)32-25-10-4-3-8-22(25)23-13-16-31(29(34)24-9-7-14-30-24)15-5-6-17-36-28-19-21(18-26(23)32)11-12-27(28)35-2/h3-4,7-12,14,19,23,26,30H,5-6,13,15-18H2,1-2H3/t23-,26-/m1/s1. The molecule has 0 radical (unpaired) electrons. The number of ether oxygens (including phenoxy) is 2. The minimum absolute atomic E-state index is 0.00570. The molecule has 2 atom stereocenters. The molecule has 3 heterocycles. The van der Waals surface area contributed by atoms with E-state index in [0.717, 1.165) is 30.5 Å². The van der Waals surface area contributed by atoms with Gasteiger partial charge in [-0.25, -0.2) is 0 Å². The molecule has 1 aromatic heterocycles. The molecule has 36 heavy (non-hydrogen) atoms. The molecule has 5 rings (SSSR count). The quantitative estimate of drug-likeness (QED) is 0.564. The summed E-state index contributed by atoms with van der Waals surface area (Å²) in [5.74, 6) is 1.56. The highest BCUT2D eigenvalue weighted by atomic mass is 16.5. The molecular weight excluding hydrogens is 454 g/mol. The molecule has 0 saturated heterocycles. The summed E-state index contributed by atoms with van der Waals surface area (Å²) < 4.78 is 11.6. The molecule has 0 unspecified atom stereocenters. The van der Waals surface area contributed by atoms with E-state index >= 15 is 0 Å². The maximum absolute atomic E-state index is 13.3. The van der Waals surface area contributed by atoms with Crippen LogP contribution in [0.3, 0.4) is 0 Å². The molecule has 3 aromatic rings. The number of benzene rings is 2. The molecule has 2 amide bonds. The Kier molecular flexibility index (Phi) is 6.98. The van der Waals surface area contributed by atoms with Crippen LogP contribution in [0.25, 0.3) is 0 Å². The Morgan fingerprint density at radius 2 is 1.92 bits per heavy atom. The number of hydrogen-bond acceptors (Lipinski definition) is 4. The lowest BCUT2D eigenvalue weighted by atomic mass is 9.87. The fraction of sp³-hybridized carbons (Fsp3) is 0.379. The number of carbonyl (C=O) groups excluding carboxylic acids is 2. The second kappa shape index (κ2) is 10.5. The Hall–Kier alpha value is -3.74. The monoisotopic (exact) mass is 487 g/mol. The molecule has 0 aliphatic carbocycles. The molecule has 2 aliphatic rings. The van der Waals surface area contributed by atoms with Crippen molar-refractivity contribution in [1.82, 2.24) is 9.88 Å². The number of para-hydroxylation sites is 1. The number of aromatic nitrogens is 1. The van der Waals surface area contributed by atoms with Crippen molar-refractivity contribution < 1.29 is 19.1 Å². The number of nitrogens with one attached hydrogen (secondary N) is 1. The van der Waals surface area contributed by atoms with E-state index in [2.05, 4.69) is 17.1 Å². The van der Waals surface area contributed by atoms with Crippen molar-refractivity contribution in [3.8, 4) is 11.5 Å². The number of aromatic amines is 1. The van der Waals surface area contributed by atoms with Gasteiger partial charge in [0, 0.05) is 43.9 Å². The van der Waals surface area contributed by atoms with Gasteiger partial charge >= 0.3 is 0 Å². The van der Waals surface area contributed by atoms with Gasteiger partial charge in [0.15, 0.2) is 11.5 Å². The smallest absolute Gasteiger partial charge is 0.270 e. The highest BCUT2D eigenvalue weighted by molar-refractivity contribution is 5.95. The van der Waals surface area contributed by atoms with Crippen molar-refractivity contribution in [2.24, 2.45) is 0 Å². The summed E-state index contributed by atoms with van der Waals surface area (Å²) in [6.07, 6.45) is 4.90. The van der Waals surface area contributed by atoms with E-state index in [0.29, 0.717) is 43.3 Å². The Morgan fingerprint density at radius 1 is 1.06 bits per heavy atom. The predicted molar refractivity (Wildman–Crippen MR) is 139 cm³/mol. The van der Waals surface area contributed by atoms with Crippen molar-refractivity contribution in [2.45, 2.75) is 44.6 Å². The number of rotatable bonds is 2. The fourth-order valence-corrected chi connectivity index (χ4v) is 5.60. The van der Waals surface area contributed by atoms with Crippen LogP contribution in [0.15, 0.2) is 60.8 Å². The zero-order valence-corrected chi connectivity index (χ0v) is 20.9. The summed E-state index contributed by atoms with van der Waals surface area (Å²) in [6.45, 7) is 3.44. The lowest BCUT2D eigenvalue weighted by Crippen LogP contribution is -2.41. The SMILES string of the molecule is COc1ccc2cc1OCCCCN(C(=O)c1ccc[nH]1)CC[C@@H]1c3ccccc3N(C(C)=O)[C@@H]1C2. The van der Waals surface area contributed by atoms with Gasteiger partial charge < -0.3 is 24.3 Å². The van der Waals surface area contributed by atoms with Crippen LogP contribution in [0.2, 0.25) is 0 Å². The molecule has 7 heteroatoms. The van der Waals surface area contributed by atoms with Crippen molar-refractivity contribution in [3.05, 3.63) is 77.6 Å². The van der Waals surface area contributed by atoms with E-state index in [4.69, 9.17) is 9.47 Å². The van der Waals surface area contributed by atoms with Crippen molar-refractivity contribution in [2.75, 3.05) is 31.7 Å². The van der Waals surface area contributed by atoms with E-state index in [9.17, 15) is 9.59 Å². The van der Waals surface area contributed by atoms with Crippen LogP contribution in [-0.4, -0.2) is 54.5 Å². The average Bonchev–Trinajstić information content (AvgIpc) is 3.52. The topological polar surface area (TPSA) is 74.9 Å². The Bertz CT molecular complexity index is 1220. The van der Waals surface area contributed by atoms with Gasteiger partial charge in [-0.3, -0.25) is 9.59 Å². The van der Waals surface area contributed by atoms with E-state index in [1.165, 1.54) is 5.56 Å². The molecular formula is C29H33N3O4. The minimum atomic E-state index is -0.0495. The normalized spacial score (nSPS) is 20.1. The van der Waals surface area contributed by atoms with Gasteiger partial charge in [0.2, 0.25) is 5.91 Å². The van der Waals surface area contributed by atoms with Crippen LogP contribution >= 0.6 is 0 Å². The van der Waals surface area contributed by atoms with Gasteiger partial charge in [-0.15, -0.1) is 0 Å². The zero-order chi connectivity index (χ0) is 25.1. The molecule has 2 bridgehead atoms. The first kappa shape index (κ1) is 24.0. The zero-order valence-electron chi connectivity index (χ0n) is 20.9. The molecule has 188 valence electrons. The summed E-state index contributed by atoms with van der Waals surface area (Å²) in [6, 6.07) is 17.8. The molecule has 7 nitrogen and oxygen atoms in total. The number of nitrogens with zero attached hydrogens (tertiary/aromatic N) is 2. The van der Waals surface area contributed by atoms with E-state index in [1.54, 1.807) is 20.2 Å². The van der Waals surface area contributed by atoms with E-state index in [-0.39, 0.29) is 23.8 Å².